The third kappa shape index (κ3) is 2.52. The van der Waals surface area contributed by atoms with Crippen molar-refractivity contribution < 1.29 is 4.52 Å². The Morgan fingerprint density at radius 2 is 2.64 bits per heavy atom. The Bertz CT molecular complexity index is 262. The summed E-state index contributed by atoms with van der Waals surface area (Å²) in [6, 6.07) is 0.546. The zero-order valence-electron chi connectivity index (χ0n) is 8.44. The van der Waals surface area contributed by atoms with Crippen molar-refractivity contribution >= 4 is 0 Å². The van der Waals surface area contributed by atoms with Gasteiger partial charge in [0.25, 0.3) is 0 Å². The molecule has 1 aliphatic rings. The Morgan fingerprint density at radius 3 is 3.43 bits per heavy atom. The maximum absolute atomic E-state index is 4.71. The molecule has 0 bridgehead atoms. The molecule has 0 aromatic carbocycles. The fourth-order valence-corrected chi connectivity index (χ4v) is 1.80. The molecular formula is C9H16N4O. The second-order valence-corrected chi connectivity index (χ2v) is 3.79. The summed E-state index contributed by atoms with van der Waals surface area (Å²) in [6.45, 7) is 6.25. The van der Waals surface area contributed by atoms with Gasteiger partial charge in [-0.3, -0.25) is 4.90 Å². The monoisotopic (exact) mass is 196 g/mol. The average Bonchev–Trinajstić information content (AvgIpc) is 2.56. The van der Waals surface area contributed by atoms with Crippen molar-refractivity contribution in [1.29, 1.82) is 0 Å². The lowest BCUT2D eigenvalue weighted by molar-refractivity contribution is 0.254. The molecule has 1 unspecified atom stereocenters. The average molecular weight is 196 g/mol. The molecule has 1 saturated heterocycles. The van der Waals surface area contributed by atoms with Crippen molar-refractivity contribution in [3.05, 3.63) is 12.2 Å². The van der Waals surface area contributed by atoms with Gasteiger partial charge >= 0.3 is 0 Å². The van der Waals surface area contributed by atoms with Crippen molar-refractivity contribution in [2.45, 2.75) is 25.9 Å². The molecule has 5 heteroatoms. The van der Waals surface area contributed by atoms with E-state index in [1.165, 1.54) is 12.8 Å². The first-order valence-corrected chi connectivity index (χ1v) is 5.05. The van der Waals surface area contributed by atoms with Gasteiger partial charge < -0.3 is 9.84 Å². The lowest BCUT2D eigenvalue weighted by atomic mass is 10.3. The number of hydrogen-bond donors (Lipinski definition) is 1. The van der Waals surface area contributed by atoms with Crippen molar-refractivity contribution in [2.24, 2.45) is 0 Å². The topological polar surface area (TPSA) is 54.2 Å². The minimum absolute atomic E-state index is 0.546. The molecule has 78 valence electrons. The van der Waals surface area contributed by atoms with Crippen LogP contribution >= 0.6 is 0 Å². The van der Waals surface area contributed by atoms with Gasteiger partial charge in [-0.2, -0.15) is 4.98 Å². The Kier molecular flexibility index (Phi) is 3.10. The largest absolute Gasteiger partial charge is 0.343 e. The van der Waals surface area contributed by atoms with Crippen LogP contribution in [0.2, 0.25) is 0 Å². The van der Waals surface area contributed by atoms with E-state index >= 15 is 0 Å². The quantitative estimate of drug-likeness (QED) is 0.735. The molecule has 5 nitrogen and oxygen atoms in total. The van der Waals surface area contributed by atoms with E-state index in [-0.39, 0.29) is 0 Å². The van der Waals surface area contributed by atoms with E-state index in [0.717, 1.165) is 32.0 Å². The third-order valence-electron chi connectivity index (χ3n) is 2.45. The maximum Gasteiger partial charge on any atom is 0.213 e. The van der Waals surface area contributed by atoms with Crippen molar-refractivity contribution in [3.63, 3.8) is 0 Å². The van der Waals surface area contributed by atoms with Crippen molar-refractivity contribution in [3.8, 4) is 0 Å². The third-order valence-corrected chi connectivity index (χ3v) is 2.45. The van der Waals surface area contributed by atoms with Crippen LogP contribution in [-0.2, 0) is 6.54 Å². The van der Waals surface area contributed by atoms with E-state index in [0.29, 0.717) is 6.04 Å². The summed E-state index contributed by atoms with van der Waals surface area (Å²) in [7, 11) is 0. The normalized spacial score (nSPS) is 24.8. The van der Waals surface area contributed by atoms with Crippen LogP contribution in [0.4, 0.5) is 0 Å². The highest BCUT2D eigenvalue weighted by Crippen LogP contribution is 2.04. The molecule has 14 heavy (non-hydrogen) atoms. The van der Waals surface area contributed by atoms with Crippen LogP contribution in [0, 0.1) is 0 Å². The lowest BCUT2D eigenvalue weighted by Gasteiger charge is -2.20. The SMILES string of the molecule is CC1CN(Cc2ncon2)CCCN1. The molecular weight excluding hydrogens is 180 g/mol. The summed E-state index contributed by atoms with van der Waals surface area (Å²) >= 11 is 0. The molecule has 1 aromatic rings. The number of nitrogens with zero attached hydrogens (tertiary/aromatic N) is 3. The summed E-state index contributed by atoms with van der Waals surface area (Å²) in [5, 5.41) is 7.27. The van der Waals surface area contributed by atoms with E-state index in [4.69, 9.17) is 4.52 Å². The first-order chi connectivity index (χ1) is 6.84. The van der Waals surface area contributed by atoms with Crippen LogP contribution < -0.4 is 5.32 Å². The van der Waals surface area contributed by atoms with E-state index in [2.05, 4.69) is 27.3 Å². The second-order valence-electron chi connectivity index (χ2n) is 3.79. The molecule has 0 aliphatic carbocycles. The Morgan fingerprint density at radius 1 is 1.71 bits per heavy atom. The summed E-state index contributed by atoms with van der Waals surface area (Å²) in [6.07, 6.45) is 2.57. The zero-order chi connectivity index (χ0) is 9.80. The molecule has 0 amide bonds. The molecule has 1 aliphatic heterocycles. The van der Waals surface area contributed by atoms with Gasteiger partial charge in [0, 0.05) is 12.6 Å². The van der Waals surface area contributed by atoms with Crippen molar-refractivity contribution in [1.82, 2.24) is 20.4 Å². The van der Waals surface area contributed by atoms with Gasteiger partial charge in [-0.15, -0.1) is 0 Å². The Labute approximate surface area is 83.5 Å². The van der Waals surface area contributed by atoms with E-state index < -0.39 is 0 Å². The molecule has 1 atom stereocenters. The second kappa shape index (κ2) is 4.52. The molecule has 1 fully saturated rings. The van der Waals surface area contributed by atoms with Gasteiger partial charge in [0.1, 0.15) is 0 Å². The number of nitrogens with one attached hydrogen (secondary N) is 1. The lowest BCUT2D eigenvalue weighted by Crippen LogP contribution is -2.35. The van der Waals surface area contributed by atoms with Gasteiger partial charge in [0.15, 0.2) is 5.82 Å². The molecule has 2 rings (SSSR count). The van der Waals surface area contributed by atoms with Crippen LogP contribution in [0.5, 0.6) is 0 Å². The summed E-state index contributed by atoms with van der Waals surface area (Å²) in [4.78, 5) is 6.38. The molecule has 2 heterocycles. The zero-order valence-corrected chi connectivity index (χ0v) is 8.44. The number of rotatable bonds is 2. The smallest absolute Gasteiger partial charge is 0.213 e. The fourth-order valence-electron chi connectivity index (χ4n) is 1.80. The van der Waals surface area contributed by atoms with Crippen LogP contribution in [0.25, 0.3) is 0 Å². The number of hydrogen-bond acceptors (Lipinski definition) is 5. The minimum Gasteiger partial charge on any atom is -0.343 e. The highest BCUT2D eigenvalue weighted by Gasteiger charge is 2.15. The Hall–Kier alpha value is -0.940. The van der Waals surface area contributed by atoms with Crippen LogP contribution in [-0.4, -0.2) is 40.7 Å². The van der Waals surface area contributed by atoms with Gasteiger partial charge in [0.05, 0.1) is 6.54 Å². The first-order valence-electron chi connectivity index (χ1n) is 5.05. The van der Waals surface area contributed by atoms with Crippen molar-refractivity contribution in [2.75, 3.05) is 19.6 Å². The van der Waals surface area contributed by atoms with Crippen LogP contribution in [0.3, 0.4) is 0 Å². The van der Waals surface area contributed by atoms with E-state index in [9.17, 15) is 0 Å². The van der Waals surface area contributed by atoms with Gasteiger partial charge in [-0.1, -0.05) is 5.16 Å². The predicted molar refractivity (Wildman–Crippen MR) is 51.7 cm³/mol. The predicted octanol–water partition coefficient (Wildman–Crippen LogP) is 0.253. The minimum atomic E-state index is 0.546. The van der Waals surface area contributed by atoms with Gasteiger partial charge in [-0.05, 0) is 26.4 Å². The Balaban J connectivity index is 1.90. The van der Waals surface area contributed by atoms with Crippen LogP contribution in [0.1, 0.15) is 19.2 Å². The van der Waals surface area contributed by atoms with Gasteiger partial charge in [-0.25, -0.2) is 0 Å². The summed E-state index contributed by atoms with van der Waals surface area (Å²) in [5.41, 5.74) is 0. The molecule has 0 spiro atoms. The molecule has 0 saturated carbocycles. The summed E-state index contributed by atoms with van der Waals surface area (Å²) < 4.78 is 4.71. The van der Waals surface area contributed by atoms with Gasteiger partial charge in [0.2, 0.25) is 6.39 Å². The molecule has 1 aromatic heterocycles. The fraction of sp³-hybridized carbons (Fsp3) is 0.778. The molecule has 0 radical (unpaired) electrons. The van der Waals surface area contributed by atoms with E-state index in [1.54, 1.807) is 0 Å². The first kappa shape index (κ1) is 9.61. The van der Waals surface area contributed by atoms with Crippen LogP contribution in [0.15, 0.2) is 10.9 Å². The highest BCUT2D eigenvalue weighted by atomic mass is 16.5. The summed E-state index contributed by atoms with van der Waals surface area (Å²) in [5.74, 6) is 0.777. The highest BCUT2D eigenvalue weighted by molar-refractivity contribution is 4.81. The standard InChI is InChI=1S/C9H16N4O/c1-8-5-13(4-2-3-10-8)6-9-11-7-14-12-9/h7-8,10H,2-6H2,1H3. The molecule has 1 N–H and O–H groups in total. The number of aromatic nitrogens is 2. The maximum atomic E-state index is 4.71. The van der Waals surface area contributed by atoms with E-state index in [1.807, 2.05) is 0 Å².